The molecule has 5 rings (SSSR count). The van der Waals surface area contributed by atoms with Crippen LogP contribution in [0.2, 0.25) is 0 Å². The number of anilines is 1. The van der Waals surface area contributed by atoms with Crippen molar-refractivity contribution in [2.75, 3.05) is 45.4 Å². The number of hydrogen-bond acceptors (Lipinski definition) is 6. The largest absolute Gasteiger partial charge is 0.497 e. The lowest BCUT2D eigenvalue weighted by molar-refractivity contribution is -0.129. The molecule has 9 heteroatoms. The molecule has 9 nitrogen and oxygen atoms in total. The van der Waals surface area contributed by atoms with Gasteiger partial charge in [-0.25, -0.2) is 4.79 Å². The van der Waals surface area contributed by atoms with Gasteiger partial charge < -0.3 is 29.7 Å². The summed E-state index contributed by atoms with van der Waals surface area (Å²) in [5, 5.41) is 6.12. The second-order valence-electron chi connectivity index (χ2n) is 9.58. The average Bonchev–Trinajstić information content (AvgIpc) is 3.61. The predicted octanol–water partition coefficient (Wildman–Crippen LogP) is 3.45. The Kier molecular flexibility index (Phi) is 7.46. The number of rotatable bonds is 7. The summed E-state index contributed by atoms with van der Waals surface area (Å²) in [6.07, 6.45) is 4.47. The maximum absolute atomic E-state index is 13.4. The number of fused-ring (bicyclic) bond motifs is 1. The fraction of sp³-hybridized carbons (Fsp3) is 0.481. The molecule has 2 aliphatic heterocycles. The van der Waals surface area contributed by atoms with E-state index in [0.717, 1.165) is 41.3 Å². The number of ether oxygens (including phenoxy) is 3. The highest BCUT2D eigenvalue weighted by molar-refractivity contribution is 5.89. The molecule has 0 aromatic heterocycles. The summed E-state index contributed by atoms with van der Waals surface area (Å²) in [6.45, 7) is 3.20. The van der Waals surface area contributed by atoms with E-state index in [1.54, 1.807) is 7.11 Å². The Morgan fingerprint density at radius 3 is 2.44 bits per heavy atom. The molecular formula is C27H34N4O5. The zero-order valence-electron chi connectivity index (χ0n) is 20.7. The predicted molar refractivity (Wildman–Crippen MR) is 135 cm³/mol. The number of carbonyl (C=O) groups is 2. The van der Waals surface area contributed by atoms with Crippen molar-refractivity contribution < 1.29 is 23.8 Å². The van der Waals surface area contributed by atoms with E-state index in [1.165, 1.54) is 12.8 Å². The van der Waals surface area contributed by atoms with E-state index in [4.69, 9.17) is 14.2 Å². The van der Waals surface area contributed by atoms with Gasteiger partial charge in [-0.1, -0.05) is 18.9 Å². The molecule has 3 aliphatic rings. The van der Waals surface area contributed by atoms with Crippen LogP contribution < -0.4 is 24.8 Å². The number of methoxy groups -OCH3 is 1. The number of amides is 3. The zero-order valence-corrected chi connectivity index (χ0v) is 20.7. The molecule has 0 bridgehead atoms. The molecule has 1 saturated carbocycles. The van der Waals surface area contributed by atoms with E-state index in [2.05, 4.69) is 15.5 Å². The van der Waals surface area contributed by atoms with Crippen molar-refractivity contribution >= 4 is 17.6 Å². The van der Waals surface area contributed by atoms with Crippen molar-refractivity contribution in [2.24, 2.45) is 5.92 Å². The van der Waals surface area contributed by atoms with Gasteiger partial charge >= 0.3 is 6.03 Å². The summed E-state index contributed by atoms with van der Waals surface area (Å²) in [5.74, 6) is 2.62. The first-order chi connectivity index (χ1) is 17.6. The van der Waals surface area contributed by atoms with Crippen LogP contribution in [0, 0.1) is 5.92 Å². The van der Waals surface area contributed by atoms with Gasteiger partial charge in [0.2, 0.25) is 12.7 Å². The molecule has 3 amide bonds. The summed E-state index contributed by atoms with van der Waals surface area (Å²) in [6, 6.07) is 12.8. The van der Waals surface area contributed by atoms with E-state index in [-0.39, 0.29) is 24.8 Å². The van der Waals surface area contributed by atoms with Crippen LogP contribution in [0.15, 0.2) is 42.5 Å². The highest BCUT2D eigenvalue weighted by atomic mass is 16.7. The molecule has 0 unspecified atom stereocenters. The molecule has 0 spiro atoms. The normalized spacial score (nSPS) is 18.6. The van der Waals surface area contributed by atoms with Gasteiger partial charge in [-0.2, -0.15) is 0 Å². The van der Waals surface area contributed by atoms with Crippen molar-refractivity contribution in [3.63, 3.8) is 0 Å². The summed E-state index contributed by atoms with van der Waals surface area (Å²) in [5.41, 5.74) is 1.72. The summed E-state index contributed by atoms with van der Waals surface area (Å²) < 4.78 is 16.0. The molecule has 1 saturated heterocycles. The molecule has 2 aromatic carbocycles. The maximum Gasteiger partial charge on any atom is 0.321 e. The molecule has 36 heavy (non-hydrogen) atoms. The number of nitrogens with zero attached hydrogens (tertiary/aromatic N) is 2. The zero-order chi connectivity index (χ0) is 24.9. The van der Waals surface area contributed by atoms with Crippen molar-refractivity contribution in [3.05, 3.63) is 48.0 Å². The topological polar surface area (TPSA) is 92.4 Å². The highest BCUT2D eigenvalue weighted by Crippen LogP contribution is 2.33. The van der Waals surface area contributed by atoms with Crippen LogP contribution in [0.4, 0.5) is 10.5 Å². The monoisotopic (exact) mass is 494 g/mol. The molecule has 1 aliphatic carbocycles. The number of piperazine rings is 1. The number of nitrogens with one attached hydrogen (secondary N) is 2. The number of benzene rings is 2. The molecule has 0 radical (unpaired) electrons. The van der Waals surface area contributed by atoms with Gasteiger partial charge in [0.1, 0.15) is 5.75 Å². The Morgan fingerprint density at radius 2 is 1.72 bits per heavy atom. The van der Waals surface area contributed by atoms with Gasteiger partial charge in [0.15, 0.2) is 11.5 Å². The number of carbonyl (C=O) groups excluding carboxylic acids is 2. The van der Waals surface area contributed by atoms with Crippen molar-refractivity contribution in [1.29, 1.82) is 0 Å². The molecule has 2 aromatic rings. The van der Waals surface area contributed by atoms with Crippen molar-refractivity contribution in [1.82, 2.24) is 15.1 Å². The Bertz CT molecular complexity index is 1060. The smallest absolute Gasteiger partial charge is 0.321 e. The Labute approximate surface area is 211 Å². The maximum atomic E-state index is 13.4. The minimum Gasteiger partial charge on any atom is -0.497 e. The lowest BCUT2D eigenvalue weighted by Crippen LogP contribution is -2.58. The summed E-state index contributed by atoms with van der Waals surface area (Å²) in [7, 11) is 1.61. The Hall–Kier alpha value is -3.46. The minimum atomic E-state index is -0.173. The molecule has 2 N–H and O–H groups in total. The van der Waals surface area contributed by atoms with Crippen LogP contribution in [0.1, 0.15) is 31.2 Å². The van der Waals surface area contributed by atoms with Crippen LogP contribution in [-0.2, 0) is 11.3 Å². The quantitative estimate of drug-likeness (QED) is 0.613. The number of urea groups is 1. The lowest BCUT2D eigenvalue weighted by Gasteiger charge is -2.40. The van der Waals surface area contributed by atoms with Crippen LogP contribution in [-0.4, -0.2) is 67.9 Å². The van der Waals surface area contributed by atoms with Gasteiger partial charge in [-0.05, 0) is 60.7 Å². The highest BCUT2D eigenvalue weighted by Gasteiger charge is 2.37. The third kappa shape index (κ3) is 5.51. The van der Waals surface area contributed by atoms with Crippen LogP contribution in [0.25, 0.3) is 0 Å². The van der Waals surface area contributed by atoms with Gasteiger partial charge in [0.05, 0.1) is 13.2 Å². The van der Waals surface area contributed by atoms with Crippen molar-refractivity contribution in [2.45, 2.75) is 38.3 Å². The van der Waals surface area contributed by atoms with E-state index < -0.39 is 0 Å². The Morgan fingerprint density at radius 1 is 1.00 bits per heavy atom. The van der Waals surface area contributed by atoms with Gasteiger partial charge in [-0.15, -0.1) is 0 Å². The molecule has 2 heterocycles. The standard InChI is InChI=1S/C27H34N4O5/c1-34-22-9-7-21(8-10-22)29-27(33)31-14-12-30(13-15-31)25(20-4-2-3-5-20)26(32)28-17-19-6-11-23-24(16-19)36-18-35-23/h6-11,16,20,25H,2-5,12-15,17-18H2,1H3,(H,28,32)(H,29,33)/t25-/m1/s1. The average molecular weight is 495 g/mol. The summed E-state index contributed by atoms with van der Waals surface area (Å²) in [4.78, 5) is 30.3. The van der Waals surface area contributed by atoms with Gasteiger partial charge in [0, 0.05) is 38.4 Å². The molecular weight excluding hydrogens is 460 g/mol. The first-order valence-corrected chi connectivity index (χ1v) is 12.7. The van der Waals surface area contributed by atoms with E-state index in [1.807, 2.05) is 47.4 Å². The number of hydrogen-bond donors (Lipinski definition) is 2. The van der Waals surface area contributed by atoms with E-state index >= 15 is 0 Å². The first kappa shape index (κ1) is 24.2. The fourth-order valence-electron chi connectivity index (χ4n) is 5.38. The first-order valence-electron chi connectivity index (χ1n) is 12.7. The van der Waals surface area contributed by atoms with Crippen LogP contribution >= 0.6 is 0 Å². The second-order valence-corrected chi connectivity index (χ2v) is 9.58. The van der Waals surface area contributed by atoms with E-state index in [9.17, 15) is 9.59 Å². The molecule has 192 valence electrons. The van der Waals surface area contributed by atoms with Crippen molar-refractivity contribution in [3.8, 4) is 17.2 Å². The van der Waals surface area contributed by atoms with Crippen LogP contribution in [0.5, 0.6) is 17.2 Å². The van der Waals surface area contributed by atoms with Crippen LogP contribution in [0.3, 0.4) is 0 Å². The SMILES string of the molecule is COc1ccc(NC(=O)N2CCN([C@@H](C(=O)NCc3ccc4c(c3)OCO4)C3CCCC3)CC2)cc1. The van der Waals surface area contributed by atoms with Gasteiger partial charge in [0.25, 0.3) is 0 Å². The third-order valence-electron chi connectivity index (χ3n) is 7.35. The van der Waals surface area contributed by atoms with E-state index in [0.29, 0.717) is 38.6 Å². The molecule has 2 fully saturated rings. The third-order valence-corrected chi connectivity index (χ3v) is 7.35. The Balaban J connectivity index is 1.17. The fourth-order valence-corrected chi connectivity index (χ4v) is 5.38. The summed E-state index contributed by atoms with van der Waals surface area (Å²) >= 11 is 0. The van der Waals surface area contributed by atoms with Gasteiger partial charge in [-0.3, -0.25) is 9.69 Å². The lowest BCUT2D eigenvalue weighted by atomic mass is 9.95. The second kappa shape index (κ2) is 11.1. The minimum absolute atomic E-state index is 0.0655. The molecule has 1 atom stereocenters.